The molecule has 1 aliphatic rings. The van der Waals surface area contributed by atoms with Crippen LogP contribution in [0.15, 0.2) is 42.5 Å². The second kappa shape index (κ2) is 13.1. The van der Waals surface area contributed by atoms with E-state index < -0.39 is 6.04 Å². The molecular formula is C28H37FN2O4. The second-order valence-electron chi connectivity index (χ2n) is 8.93. The minimum Gasteiger partial charge on any atom is -0.490 e. The number of nitrogens with one attached hydrogen (secondary N) is 1. The van der Waals surface area contributed by atoms with E-state index in [1.54, 1.807) is 25.1 Å². The third-order valence-electron chi connectivity index (χ3n) is 6.40. The molecule has 0 bridgehead atoms. The van der Waals surface area contributed by atoms with Crippen molar-refractivity contribution in [3.05, 3.63) is 59.4 Å². The number of nitrogens with zero attached hydrogens (tertiary/aromatic N) is 1. The first-order valence-electron chi connectivity index (χ1n) is 12.6. The van der Waals surface area contributed by atoms with E-state index in [4.69, 9.17) is 9.47 Å². The molecule has 2 aromatic carbocycles. The largest absolute Gasteiger partial charge is 0.490 e. The number of carbonyl (C=O) groups is 2. The van der Waals surface area contributed by atoms with Crippen molar-refractivity contribution in [2.45, 2.75) is 77.9 Å². The third kappa shape index (κ3) is 7.44. The highest BCUT2D eigenvalue weighted by Gasteiger charge is 2.28. The number of benzene rings is 2. The maximum absolute atomic E-state index is 14.4. The van der Waals surface area contributed by atoms with Crippen molar-refractivity contribution >= 4 is 11.8 Å². The minimum atomic E-state index is -0.706. The van der Waals surface area contributed by atoms with Crippen molar-refractivity contribution < 1.29 is 23.5 Å². The summed E-state index contributed by atoms with van der Waals surface area (Å²) >= 11 is 0. The zero-order valence-corrected chi connectivity index (χ0v) is 21.0. The van der Waals surface area contributed by atoms with Gasteiger partial charge in [0.2, 0.25) is 11.8 Å². The zero-order chi connectivity index (χ0) is 25.2. The molecule has 1 aliphatic carbocycles. The quantitative estimate of drug-likeness (QED) is 0.459. The molecule has 7 heteroatoms. The highest BCUT2D eigenvalue weighted by atomic mass is 19.1. The van der Waals surface area contributed by atoms with Crippen LogP contribution in [0.3, 0.4) is 0 Å². The smallest absolute Gasteiger partial charge is 0.242 e. The van der Waals surface area contributed by atoms with Crippen LogP contribution >= 0.6 is 0 Å². The van der Waals surface area contributed by atoms with Gasteiger partial charge in [0.1, 0.15) is 11.9 Å². The molecule has 0 radical (unpaired) electrons. The summed E-state index contributed by atoms with van der Waals surface area (Å²) in [5.74, 6) is 0.534. The Morgan fingerprint density at radius 1 is 1.06 bits per heavy atom. The molecule has 0 unspecified atom stereocenters. The van der Waals surface area contributed by atoms with Crippen LogP contribution in [-0.2, 0) is 22.6 Å². The number of rotatable bonds is 12. The van der Waals surface area contributed by atoms with Gasteiger partial charge in [-0.2, -0.15) is 0 Å². The second-order valence-corrected chi connectivity index (χ2v) is 8.93. The number of hydrogen-bond acceptors (Lipinski definition) is 4. The molecule has 0 spiro atoms. The number of ether oxygens (including phenoxy) is 2. The highest BCUT2D eigenvalue weighted by molar-refractivity contribution is 5.87. The van der Waals surface area contributed by atoms with Crippen molar-refractivity contribution in [2.24, 2.45) is 0 Å². The lowest BCUT2D eigenvalue weighted by molar-refractivity contribution is -0.140. The predicted octanol–water partition coefficient (Wildman–Crippen LogP) is 5.03. The van der Waals surface area contributed by atoms with Crippen LogP contribution in [0.1, 0.15) is 64.0 Å². The molecule has 190 valence electrons. The molecule has 6 nitrogen and oxygen atoms in total. The molecule has 1 atom stereocenters. The monoisotopic (exact) mass is 484 g/mol. The van der Waals surface area contributed by atoms with E-state index in [9.17, 15) is 14.0 Å². The molecule has 35 heavy (non-hydrogen) atoms. The van der Waals surface area contributed by atoms with Crippen molar-refractivity contribution in [1.29, 1.82) is 0 Å². The number of amides is 2. The van der Waals surface area contributed by atoms with Gasteiger partial charge in [0, 0.05) is 24.6 Å². The van der Waals surface area contributed by atoms with Crippen LogP contribution in [0.5, 0.6) is 11.5 Å². The van der Waals surface area contributed by atoms with Crippen molar-refractivity contribution in [1.82, 2.24) is 10.2 Å². The Balaban J connectivity index is 1.73. The molecule has 0 aromatic heterocycles. The fourth-order valence-corrected chi connectivity index (χ4v) is 4.43. The van der Waals surface area contributed by atoms with Gasteiger partial charge < -0.3 is 19.7 Å². The van der Waals surface area contributed by atoms with Crippen LogP contribution < -0.4 is 14.8 Å². The molecule has 2 amide bonds. The van der Waals surface area contributed by atoms with Gasteiger partial charge in [-0.25, -0.2) is 4.39 Å². The van der Waals surface area contributed by atoms with E-state index in [0.717, 1.165) is 31.2 Å². The van der Waals surface area contributed by atoms with Crippen molar-refractivity contribution in [3.63, 3.8) is 0 Å². The van der Waals surface area contributed by atoms with Crippen LogP contribution in [0.25, 0.3) is 0 Å². The van der Waals surface area contributed by atoms with Gasteiger partial charge in [0.25, 0.3) is 0 Å². The van der Waals surface area contributed by atoms with Gasteiger partial charge >= 0.3 is 0 Å². The first-order valence-corrected chi connectivity index (χ1v) is 12.6. The standard InChI is InChI=1S/C28H37FN2O4/c1-4-34-25-16-14-21(18-26(25)35-5-2)15-17-27(32)31(19-22-10-6-9-13-24(22)29)20(3)28(33)30-23-11-7-8-12-23/h6,9-10,13-14,16,18,20,23H,4-5,7-8,11-12,15,17,19H2,1-3H3,(H,30,33)/t20-/m1/s1. The number of halogens is 1. The van der Waals surface area contributed by atoms with Crippen molar-refractivity contribution in [2.75, 3.05) is 13.2 Å². The van der Waals surface area contributed by atoms with E-state index in [1.165, 1.54) is 11.0 Å². The molecule has 0 saturated heterocycles. The molecular weight excluding hydrogens is 447 g/mol. The summed E-state index contributed by atoms with van der Waals surface area (Å²) in [7, 11) is 0. The van der Waals surface area contributed by atoms with Gasteiger partial charge in [-0.15, -0.1) is 0 Å². The van der Waals surface area contributed by atoms with Crippen LogP contribution in [-0.4, -0.2) is 42.0 Å². The molecule has 0 heterocycles. The number of carbonyl (C=O) groups excluding carboxylic acids is 2. The lowest BCUT2D eigenvalue weighted by Gasteiger charge is -2.30. The Morgan fingerprint density at radius 2 is 1.74 bits per heavy atom. The van der Waals surface area contributed by atoms with Crippen molar-refractivity contribution in [3.8, 4) is 11.5 Å². The highest BCUT2D eigenvalue weighted by Crippen LogP contribution is 2.29. The maximum Gasteiger partial charge on any atom is 0.242 e. The zero-order valence-electron chi connectivity index (χ0n) is 21.0. The first kappa shape index (κ1) is 26.5. The molecule has 0 aliphatic heterocycles. The molecule has 1 saturated carbocycles. The van der Waals surface area contributed by atoms with E-state index in [2.05, 4.69) is 5.32 Å². The summed E-state index contributed by atoms with van der Waals surface area (Å²) in [5, 5.41) is 3.07. The Hall–Kier alpha value is -3.09. The summed E-state index contributed by atoms with van der Waals surface area (Å²) in [6.45, 7) is 6.61. The Morgan fingerprint density at radius 3 is 2.43 bits per heavy atom. The maximum atomic E-state index is 14.4. The summed E-state index contributed by atoms with van der Waals surface area (Å²) < 4.78 is 25.7. The van der Waals surface area contributed by atoms with Gasteiger partial charge in [0.15, 0.2) is 11.5 Å². The average Bonchev–Trinajstić information content (AvgIpc) is 3.36. The summed E-state index contributed by atoms with van der Waals surface area (Å²) in [4.78, 5) is 27.8. The van der Waals surface area contributed by atoms with E-state index in [0.29, 0.717) is 36.7 Å². The Kier molecular flexibility index (Phi) is 9.94. The van der Waals surface area contributed by atoms with E-state index in [-0.39, 0.29) is 36.6 Å². The summed E-state index contributed by atoms with van der Waals surface area (Å²) in [6, 6.07) is 11.5. The van der Waals surface area contributed by atoms with E-state index in [1.807, 2.05) is 32.0 Å². The molecule has 1 N–H and O–H groups in total. The van der Waals surface area contributed by atoms with Gasteiger partial charge in [0.05, 0.1) is 13.2 Å². The van der Waals surface area contributed by atoms with Crippen LogP contribution in [0.4, 0.5) is 4.39 Å². The first-order chi connectivity index (χ1) is 16.9. The molecule has 3 rings (SSSR count). The fourth-order valence-electron chi connectivity index (χ4n) is 4.43. The SMILES string of the molecule is CCOc1ccc(CCC(=O)N(Cc2ccccc2F)[C@H](C)C(=O)NC2CCCC2)cc1OCC. The predicted molar refractivity (Wildman–Crippen MR) is 134 cm³/mol. The molecule has 1 fully saturated rings. The lowest BCUT2D eigenvalue weighted by atomic mass is 10.1. The lowest BCUT2D eigenvalue weighted by Crippen LogP contribution is -2.49. The Bertz CT molecular complexity index is 991. The normalized spacial score (nSPS) is 14.4. The summed E-state index contributed by atoms with van der Waals surface area (Å²) in [5.41, 5.74) is 1.32. The average molecular weight is 485 g/mol. The Labute approximate surface area is 207 Å². The van der Waals surface area contributed by atoms with Crippen LogP contribution in [0, 0.1) is 5.82 Å². The van der Waals surface area contributed by atoms with Crippen LogP contribution in [0.2, 0.25) is 0 Å². The summed E-state index contributed by atoms with van der Waals surface area (Å²) in [6.07, 6.45) is 4.77. The number of aryl methyl sites for hydroxylation is 1. The van der Waals surface area contributed by atoms with E-state index >= 15 is 0 Å². The third-order valence-corrected chi connectivity index (χ3v) is 6.40. The minimum absolute atomic E-state index is 0.0399. The van der Waals surface area contributed by atoms with Gasteiger partial charge in [-0.1, -0.05) is 37.1 Å². The van der Waals surface area contributed by atoms with Gasteiger partial charge in [-0.3, -0.25) is 9.59 Å². The number of hydrogen-bond donors (Lipinski definition) is 1. The molecule has 2 aromatic rings. The topological polar surface area (TPSA) is 67.9 Å². The van der Waals surface area contributed by atoms with Gasteiger partial charge in [-0.05, 0) is 63.8 Å². The fraction of sp³-hybridized carbons (Fsp3) is 0.500.